The highest BCUT2D eigenvalue weighted by Gasteiger charge is 2.22. The zero-order valence-corrected chi connectivity index (χ0v) is 22.5. The van der Waals surface area contributed by atoms with E-state index in [4.69, 9.17) is 4.42 Å². The molecular formula is C40H26O. The predicted octanol–water partition coefficient (Wildman–Crippen LogP) is 11.3. The van der Waals surface area contributed by atoms with Gasteiger partial charge in [-0.3, -0.25) is 0 Å². The summed E-state index contributed by atoms with van der Waals surface area (Å²) in [6, 6.07) is 44.1. The Labute approximate surface area is 238 Å². The molecule has 9 rings (SSSR count). The number of rotatable bonds is 3. The molecule has 0 spiro atoms. The molecule has 0 N–H and O–H groups in total. The van der Waals surface area contributed by atoms with E-state index >= 15 is 0 Å². The smallest absolute Gasteiger partial charge is 0.136 e. The van der Waals surface area contributed by atoms with Crippen molar-refractivity contribution < 1.29 is 4.42 Å². The largest absolute Gasteiger partial charge is 0.456 e. The molecule has 0 radical (unpaired) electrons. The van der Waals surface area contributed by atoms with Crippen molar-refractivity contribution in [1.29, 1.82) is 0 Å². The first kappa shape index (κ1) is 22.7. The normalized spacial score (nSPS) is 13.1. The molecule has 8 aromatic rings. The molecule has 41 heavy (non-hydrogen) atoms. The average molecular weight is 523 g/mol. The summed E-state index contributed by atoms with van der Waals surface area (Å²) in [4.78, 5) is 0. The molecule has 0 fully saturated rings. The lowest BCUT2D eigenvalue weighted by Crippen LogP contribution is -2.02. The highest BCUT2D eigenvalue weighted by molar-refractivity contribution is 6.25. The van der Waals surface area contributed by atoms with Crippen molar-refractivity contribution in [1.82, 2.24) is 0 Å². The van der Waals surface area contributed by atoms with Gasteiger partial charge in [0.05, 0.1) is 0 Å². The number of hydrogen-bond donors (Lipinski definition) is 0. The van der Waals surface area contributed by atoms with E-state index in [0.29, 0.717) is 0 Å². The molecule has 1 heteroatoms. The van der Waals surface area contributed by atoms with Gasteiger partial charge in [-0.05, 0) is 103 Å². The van der Waals surface area contributed by atoms with Crippen LogP contribution >= 0.6 is 0 Å². The van der Waals surface area contributed by atoms with Crippen LogP contribution in [0.3, 0.4) is 0 Å². The van der Waals surface area contributed by atoms with Gasteiger partial charge in [0.15, 0.2) is 0 Å². The van der Waals surface area contributed by atoms with Crippen molar-refractivity contribution >= 4 is 49.6 Å². The summed E-state index contributed by atoms with van der Waals surface area (Å²) in [5.41, 5.74) is 12.4. The van der Waals surface area contributed by atoms with Crippen LogP contribution in [-0.4, -0.2) is 0 Å². The molecular weight excluding hydrogens is 496 g/mol. The van der Waals surface area contributed by atoms with Crippen LogP contribution in [0.4, 0.5) is 0 Å². The van der Waals surface area contributed by atoms with Gasteiger partial charge in [-0.2, -0.15) is 0 Å². The van der Waals surface area contributed by atoms with Crippen molar-refractivity contribution in [2.24, 2.45) is 0 Å². The summed E-state index contributed by atoms with van der Waals surface area (Å²) in [5, 5.41) is 7.53. The van der Waals surface area contributed by atoms with Gasteiger partial charge in [-0.15, -0.1) is 0 Å². The molecule has 0 saturated carbocycles. The van der Waals surface area contributed by atoms with E-state index in [1.807, 2.05) is 0 Å². The molecule has 1 aliphatic rings. The summed E-state index contributed by atoms with van der Waals surface area (Å²) in [6.45, 7) is 0. The molecule has 1 nitrogen and oxygen atoms in total. The van der Waals surface area contributed by atoms with Crippen LogP contribution in [0.25, 0.3) is 82.9 Å². The maximum Gasteiger partial charge on any atom is 0.136 e. The molecule has 1 heterocycles. The first-order chi connectivity index (χ1) is 20.3. The highest BCUT2D eigenvalue weighted by atomic mass is 16.3. The van der Waals surface area contributed by atoms with Crippen LogP contribution in [0.5, 0.6) is 0 Å². The van der Waals surface area contributed by atoms with Gasteiger partial charge in [-0.1, -0.05) is 109 Å². The Hall–Kier alpha value is -5.14. The minimum Gasteiger partial charge on any atom is -0.456 e. The number of fused-ring (bicyclic) bond motifs is 2. The topological polar surface area (TPSA) is 13.1 Å². The molecule has 0 amide bonds. The first-order valence-electron chi connectivity index (χ1n) is 14.4. The fraction of sp³-hybridized carbons (Fsp3) is 0.0500. The number of hydrogen-bond acceptors (Lipinski definition) is 1. The number of furan rings is 1. The third-order valence-corrected chi connectivity index (χ3v) is 8.88. The van der Waals surface area contributed by atoms with Crippen LogP contribution in [0, 0.1) is 0 Å². The van der Waals surface area contributed by atoms with E-state index in [2.05, 4.69) is 133 Å². The Morgan fingerprint density at radius 3 is 2.07 bits per heavy atom. The summed E-state index contributed by atoms with van der Waals surface area (Å²) in [7, 11) is 0. The molecule has 1 aromatic heterocycles. The van der Waals surface area contributed by atoms with Gasteiger partial charge in [0.2, 0.25) is 0 Å². The fourth-order valence-electron chi connectivity index (χ4n) is 7.18. The minimum absolute atomic E-state index is 0.952. The summed E-state index contributed by atoms with van der Waals surface area (Å²) in [5.74, 6) is 0. The van der Waals surface area contributed by atoms with Crippen LogP contribution < -0.4 is 0 Å². The van der Waals surface area contributed by atoms with E-state index < -0.39 is 0 Å². The third kappa shape index (κ3) is 3.30. The van der Waals surface area contributed by atoms with Gasteiger partial charge in [0.25, 0.3) is 0 Å². The molecule has 0 unspecified atom stereocenters. The maximum absolute atomic E-state index is 6.25. The fourth-order valence-corrected chi connectivity index (χ4v) is 7.18. The second-order valence-corrected chi connectivity index (χ2v) is 11.1. The quantitative estimate of drug-likeness (QED) is 0.210. The zero-order chi connectivity index (χ0) is 26.9. The van der Waals surface area contributed by atoms with Crippen molar-refractivity contribution in [2.75, 3.05) is 0 Å². The van der Waals surface area contributed by atoms with Crippen LogP contribution in [0.15, 0.2) is 132 Å². The average Bonchev–Trinajstić information content (AvgIpc) is 3.43. The van der Waals surface area contributed by atoms with E-state index in [0.717, 1.165) is 24.0 Å². The third-order valence-electron chi connectivity index (χ3n) is 8.88. The lowest BCUT2D eigenvalue weighted by atomic mass is 9.80. The summed E-state index contributed by atoms with van der Waals surface area (Å²) >= 11 is 0. The first-order valence-corrected chi connectivity index (χ1v) is 14.4. The lowest BCUT2D eigenvalue weighted by molar-refractivity contribution is 0.669. The second-order valence-electron chi connectivity index (χ2n) is 11.1. The Bertz CT molecular complexity index is 2300. The summed E-state index contributed by atoms with van der Waals surface area (Å²) in [6.07, 6.45) is 6.82. The van der Waals surface area contributed by atoms with Gasteiger partial charge >= 0.3 is 0 Å². The molecule has 7 aromatic carbocycles. The molecule has 0 aliphatic heterocycles. The number of allylic oxidation sites excluding steroid dienone is 1. The van der Waals surface area contributed by atoms with Crippen molar-refractivity contribution in [2.45, 2.75) is 12.8 Å². The van der Waals surface area contributed by atoms with Crippen molar-refractivity contribution in [3.63, 3.8) is 0 Å². The Morgan fingerprint density at radius 2 is 1.20 bits per heavy atom. The van der Waals surface area contributed by atoms with Gasteiger partial charge in [0.1, 0.15) is 11.2 Å². The van der Waals surface area contributed by atoms with Gasteiger partial charge in [-0.25, -0.2) is 0 Å². The zero-order valence-electron chi connectivity index (χ0n) is 22.5. The molecule has 1 aliphatic carbocycles. The number of benzene rings is 7. The van der Waals surface area contributed by atoms with E-state index in [1.165, 1.54) is 76.8 Å². The van der Waals surface area contributed by atoms with Crippen LogP contribution in [-0.2, 0) is 6.42 Å². The molecule has 192 valence electrons. The molecule has 0 saturated heterocycles. The van der Waals surface area contributed by atoms with Gasteiger partial charge in [0, 0.05) is 10.8 Å². The Kier molecular flexibility index (Phi) is 4.80. The van der Waals surface area contributed by atoms with Gasteiger partial charge < -0.3 is 4.42 Å². The van der Waals surface area contributed by atoms with Crippen LogP contribution in [0.2, 0.25) is 0 Å². The lowest BCUT2D eigenvalue weighted by Gasteiger charge is -2.24. The van der Waals surface area contributed by atoms with E-state index in [1.54, 1.807) is 0 Å². The standard InChI is InChI=1S/C40H26O/c1-2-11-25(12-3-1)37-29-16-4-6-18-31(29)38(32-19-7-5-17-30(32)37)27-14-8-13-26(23-27)34-24-28-15-9-21-35-39(28)40-33(34)20-10-22-36(40)41-35/h1-4,6-16,18-24H,5,17H2. The van der Waals surface area contributed by atoms with E-state index in [9.17, 15) is 0 Å². The monoisotopic (exact) mass is 522 g/mol. The van der Waals surface area contributed by atoms with Crippen molar-refractivity contribution in [3.8, 4) is 33.4 Å². The minimum atomic E-state index is 0.952. The SMILES string of the molecule is C1=Cc2c(c(-c3ccccc3)c3ccccc3c2-c2cccc(-c3cc4cccc5oc6cccc3c6c45)c2)CC1. The second kappa shape index (κ2) is 8.68. The Morgan fingerprint density at radius 1 is 0.512 bits per heavy atom. The van der Waals surface area contributed by atoms with Crippen molar-refractivity contribution in [3.05, 3.63) is 139 Å². The predicted molar refractivity (Wildman–Crippen MR) is 174 cm³/mol. The summed E-state index contributed by atoms with van der Waals surface area (Å²) < 4.78 is 6.25. The highest BCUT2D eigenvalue weighted by Crippen LogP contribution is 2.46. The molecule has 0 bridgehead atoms. The molecule has 0 atom stereocenters. The Balaban J connectivity index is 1.33. The van der Waals surface area contributed by atoms with Crippen LogP contribution in [0.1, 0.15) is 17.5 Å². The van der Waals surface area contributed by atoms with E-state index in [-0.39, 0.29) is 0 Å². The maximum atomic E-state index is 6.25.